The zero-order valence-electron chi connectivity index (χ0n) is 14.4. The molecule has 2 nitrogen and oxygen atoms in total. The van der Waals surface area contributed by atoms with Crippen LogP contribution < -0.4 is 5.32 Å². The SMILES string of the molecule is CCN(CC)CCCNCCC12CC3CC(CC(C3)C1)C2. The van der Waals surface area contributed by atoms with Gasteiger partial charge in [-0.05, 0) is 107 Å². The zero-order valence-corrected chi connectivity index (χ0v) is 14.4. The maximum absolute atomic E-state index is 3.74. The Balaban J connectivity index is 1.33. The predicted octanol–water partition coefficient (Wildman–Crippen LogP) is 3.91. The average Bonchev–Trinajstić information content (AvgIpc) is 2.45. The Kier molecular flexibility index (Phi) is 5.27. The van der Waals surface area contributed by atoms with Crippen molar-refractivity contribution in [2.45, 2.75) is 65.2 Å². The van der Waals surface area contributed by atoms with Crippen LogP contribution in [0, 0.1) is 23.2 Å². The lowest BCUT2D eigenvalue weighted by molar-refractivity contribution is -0.0567. The fourth-order valence-electron chi connectivity index (χ4n) is 6.04. The van der Waals surface area contributed by atoms with Crippen molar-refractivity contribution in [1.29, 1.82) is 0 Å². The number of rotatable bonds is 9. The molecule has 2 heteroatoms. The first-order valence-electron chi connectivity index (χ1n) is 9.66. The summed E-state index contributed by atoms with van der Waals surface area (Å²) in [5.74, 6) is 3.33. The Labute approximate surface area is 132 Å². The van der Waals surface area contributed by atoms with Gasteiger partial charge in [0.25, 0.3) is 0 Å². The highest BCUT2D eigenvalue weighted by molar-refractivity contribution is 5.01. The van der Waals surface area contributed by atoms with E-state index in [-0.39, 0.29) is 0 Å². The van der Waals surface area contributed by atoms with Crippen LogP contribution in [0.3, 0.4) is 0 Å². The molecule has 4 rings (SSSR count). The summed E-state index contributed by atoms with van der Waals surface area (Å²) in [6.45, 7) is 10.7. The maximum atomic E-state index is 3.74. The molecular formula is C19H36N2. The smallest absolute Gasteiger partial charge is 0.000687 e. The van der Waals surface area contributed by atoms with Gasteiger partial charge in [0.2, 0.25) is 0 Å². The van der Waals surface area contributed by atoms with Crippen molar-refractivity contribution < 1.29 is 0 Å². The van der Waals surface area contributed by atoms with E-state index in [1.807, 2.05) is 0 Å². The van der Waals surface area contributed by atoms with Gasteiger partial charge >= 0.3 is 0 Å². The maximum Gasteiger partial charge on any atom is -0.000687 e. The summed E-state index contributed by atoms with van der Waals surface area (Å²) in [6, 6.07) is 0. The number of hydrogen-bond acceptors (Lipinski definition) is 2. The summed E-state index contributed by atoms with van der Waals surface area (Å²) in [5, 5.41) is 3.74. The molecule has 0 aromatic heterocycles. The van der Waals surface area contributed by atoms with Crippen LogP contribution in [-0.2, 0) is 0 Å². The Morgan fingerprint density at radius 3 is 2.00 bits per heavy atom. The highest BCUT2D eigenvalue weighted by Crippen LogP contribution is 2.61. The van der Waals surface area contributed by atoms with Gasteiger partial charge in [-0.2, -0.15) is 0 Å². The number of hydrogen-bond donors (Lipinski definition) is 1. The van der Waals surface area contributed by atoms with Crippen LogP contribution in [0.2, 0.25) is 0 Å². The minimum atomic E-state index is 0.765. The van der Waals surface area contributed by atoms with Gasteiger partial charge in [0.05, 0.1) is 0 Å². The van der Waals surface area contributed by atoms with Crippen molar-refractivity contribution in [3.63, 3.8) is 0 Å². The third-order valence-electron chi connectivity index (χ3n) is 6.72. The van der Waals surface area contributed by atoms with Crippen molar-refractivity contribution in [3.8, 4) is 0 Å². The van der Waals surface area contributed by atoms with Gasteiger partial charge in [-0.3, -0.25) is 0 Å². The first kappa shape index (κ1) is 15.8. The van der Waals surface area contributed by atoms with Gasteiger partial charge in [0.15, 0.2) is 0 Å². The van der Waals surface area contributed by atoms with Crippen molar-refractivity contribution >= 4 is 0 Å². The van der Waals surface area contributed by atoms with Crippen LogP contribution in [0.1, 0.15) is 65.2 Å². The summed E-state index contributed by atoms with van der Waals surface area (Å²) in [7, 11) is 0. The van der Waals surface area contributed by atoms with Crippen LogP contribution in [0.25, 0.3) is 0 Å². The molecule has 4 saturated carbocycles. The van der Waals surface area contributed by atoms with E-state index in [2.05, 4.69) is 24.1 Å². The third kappa shape index (κ3) is 3.82. The number of nitrogens with one attached hydrogen (secondary N) is 1. The molecule has 0 unspecified atom stereocenters. The van der Waals surface area contributed by atoms with Crippen LogP contribution in [0.4, 0.5) is 0 Å². The van der Waals surface area contributed by atoms with Gasteiger partial charge in [-0.1, -0.05) is 13.8 Å². The molecule has 0 radical (unpaired) electrons. The van der Waals surface area contributed by atoms with Crippen molar-refractivity contribution in [3.05, 3.63) is 0 Å². The Morgan fingerprint density at radius 2 is 1.48 bits per heavy atom. The summed E-state index contributed by atoms with van der Waals surface area (Å²) >= 11 is 0. The molecule has 0 saturated heterocycles. The average molecular weight is 293 g/mol. The topological polar surface area (TPSA) is 15.3 Å². The second kappa shape index (κ2) is 7.00. The molecule has 122 valence electrons. The highest BCUT2D eigenvalue weighted by Gasteiger charge is 2.50. The van der Waals surface area contributed by atoms with Crippen LogP contribution in [0.5, 0.6) is 0 Å². The minimum absolute atomic E-state index is 0.765. The summed E-state index contributed by atoms with van der Waals surface area (Å²) in [4.78, 5) is 2.53. The van der Waals surface area contributed by atoms with Gasteiger partial charge < -0.3 is 10.2 Å². The van der Waals surface area contributed by atoms with Crippen LogP contribution >= 0.6 is 0 Å². The lowest BCUT2D eigenvalue weighted by Crippen LogP contribution is -2.47. The standard InChI is InChI=1S/C19H36N2/c1-3-21(4-2)9-5-7-20-8-6-19-13-16-10-17(14-19)12-18(11-16)15-19/h16-18,20H,3-15H2,1-2H3. The molecule has 21 heavy (non-hydrogen) atoms. The van der Waals surface area contributed by atoms with Crippen LogP contribution in [-0.4, -0.2) is 37.6 Å². The molecular weight excluding hydrogens is 256 g/mol. The molecule has 0 amide bonds. The van der Waals surface area contributed by atoms with E-state index >= 15 is 0 Å². The van der Waals surface area contributed by atoms with E-state index in [0.29, 0.717) is 0 Å². The molecule has 0 aromatic rings. The molecule has 4 aliphatic rings. The largest absolute Gasteiger partial charge is 0.317 e. The molecule has 4 bridgehead atoms. The zero-order chi connectivity index (χ0) is 14.7. The fraction of sp³-hybridized carbons (Fsp3) is 1.00. The Bertz CT molecular complexity index is 286. The molecule has 0 aromatic carbocycles. The molecule has 4 aliphatic carbocycles. The van der Waals surface area contributed by atoms with Gasteiger partial charge in [-0.25, -0.2) is 0 Å². The summed E-state index contributed by atoms with van der Waals surface area (Å²) < 4.78 is 0. The first-order chi connectivity index (χ1) is 10.2. The van der Waals surface area contributed by atoms with Gasteiger partial charge in [0, 0.05) is 0 Å². The van der Waals surface area contributed by atoms with E-state index in [4.69, 9.17) is 0 Å². The second-order valence-corrected chi connectivity index (χ2v) is 8.30. The molecule has 0 aliphatic heterocycles. The van der Waals surface area contributed by atoms with Crippen LogP contribution in [0.15, 0.2) is 0 Å². The van der Waals surface area contributed by atoms with Crippen molar-refractivity contribution in [1.82, 2.24) is 10.2 Å². The number of nitrogens with zero attached hydrogens (tertiary/aromatic N) is 1. The molecule has 0 heterocycles. The molecule has 1 N–H and O–H groups in total. The van der Waals surface area contributed by atoms with E-state index < -0.39 is 0 Å². The van der Waals surface area contributed by atoms with E-state index in [9.17, 15) is 0 Å². The van der Waals surface area contributed by atoms with E-state index in [0.717, 1.165) is 23.2 Å². The highest BCUT2D eigenvalue weighted by atomic mass is 15.1. The van der Waals surface area contributed by atoms with Crippen molar-refractivity contribution in [2.24, 2.45) is 23.2 Å². The Hall–Kier alpha value is -0.0800. The fourth-order valence-corrected chi connectivity index (χ4v) is 6.04. The van der Waals surface area contributed by atoms with Crippen molar-refractivity contribution in [2.75, 3.05) is 32.7 Å². The Morgan fingerprint density at radius 1 is 0.905 bits per heavy atom. The van der Waals surface area contributed by atoms with E-state index in [1.165, 1.54) is 45.6 Å². The minimum Gasteiger partial charge on any atom is -0.317 e. The summed E-state index contributed by atoms with van der Waals surface area (Å²) in [6.07, 6.45) is 12.2. The molecule has 4 fully saturated rings. The van der Waals surface area contributed by atoms with Gasteiger partial charge in [0.1, 0.15) is 0 Å². The monoisotopic (exact) mass is 292 g/mol. The first-order valence-corrected chi connectivity index (χ1v) is 9.66. The normalized spacial score (nSPS) is 37.6. The van der Waals surface area contributed by atoms with E-state index in [1.54, 1.807) is 38.5 Å². The summed E-state index contributed by atoms with van der Waals surface area (Å²) in [5.41, 5.74) is 0.765. The lowest BCUT2D eigenvalue weighted by atomic mass is 9.49. The lowest BCUT2D eigenvalue weighted by Gasteiger charge is -2.57. The second-order valence-electron chi connectivity index (χ2n) is 8.30. The third-order valence-corrected chi connectivity index (χ3v) is 6.72. The molecule has 0 spiro atoms. The quantitative estimate of drug-likeness (QED) is 0.648. The predicted molar refractivity (Wildman–Crippen MR) is 90.5 cm³/mol. The van der Waals surface area contributed by atoms with Gasteiger partial charge in [-0.15, -0.1) is 0 Å². The molecule has 0 atom stereocenters.